The van der Waals surface area contributed by atoms with Crippen LogP contribution in [0.2, 0.25) is 0 Å². The number of benzene rings is 1. The maximum absolute atomic E-state index is 12.4. The molecule has 0 atom stereocenters. The number of ether oxygens (including phenoxy) is 2. The Hall–Kier alpha value is -2.70. The zero-order chi connectivity index (χ0) is 19.3. The first-order valence-electron chi connectivity index (χ1n) is 8.60. The largest absolute Gasteiger partial charge is 0.497 e. The molecule has 0 radical (unpaired) electrons. The molecule has 26 heavy (non-hydrogen) atoms. The summed E-state index contributed by atoms with van der Waals surface area (Å²) in [6.45, 7) is 8.15. The summed E-state index contributed by atoms with van der Waals surface area (Å²) < 4.78 is 16.1. The van der Waals surface area contributed by atoms with Gasteiger partial charge in [0.05, 0.1) is 26.3 Å². The van der Waals surface area contributed by atoms with E-state index >= 15 is 0 Å². The highest BCUT2D eigenvalue weighted by Gasteiger charge is 2.21. The van der Waals surface area contributed by atoms with Crippen molar-refractivity contribution >= 4 is 6.03 Å². The van der Waals surface area contributed by atoms with Crippen LogP contribution in [0.25, 0.3) is 11.3 Å². The predicted molar refractivity (Wildman–Crippen MR) is 99.4 cm³/mol. The van der Waals surface area contributed by atoms with Crippen molar-refractivity contribution in [2.45, 2.75) is 46.3 Å². The number of rotatable bonds is 7. The van der Waals surface area contributed by atoms with E-state index in [1.54, 1.807) is 25.2 Å². The lowest BCUT2D eigenvalue weighted by Crippen LogP contribution is -2.45. The molecule has 1 aromatic carbocycles. The van der Waals surface area contributed by atoms with Gasteiger partial charge in [-0.3, -0.25) is 0 Å². The summed E-state index contributed by atoms with van der Waals surface area (Å²) in [5, 5.41) is 7.02. The molecule has 1 heterocycles. The zero-order valence-corrected chi connectivity index (χ0v) is 16.2. The molecule has 0 aliphatic carbocycles. The molecule has 0 spiro atoms. The number of aromatic nitrogens is 1. The summed E-state index contributed by atoms with van der Waals surface area (Å²) in [7, 11) is 3.19. The van der Waals surface area contributed by atoms with Crippen molar-refractivity contribution in [2.24, 2.45) is 0 Å². The summed E-state index contributed by atoms with van der Waals surface area (Å²) in [4.78, 5) is 14.1. The van der Waals surface area contributed by atoms with E-state index in [1.165, 1.54) is 0 Å². The molecule has 7 heteroatoms. The van der Waals surface area contributed by atoms with Gasteiger partial charge >= 0.3 is 6.03 Å². The Morgan fingerprint density at radius 3 is 2.50 bits per heavy atom. The SMILES string of the molecule is COc1ccc(-c2cc(CN(C(=O)NC(C)C)C(C)C)no2)c(OC)c1. The van der Waals surface area contributed by atoms with Crippen LogP contribution in [-0.4, -0.2) is 42.4 Å². The standard InChI is InChI=1S/C19H27N3O4/c1-12(2)20-19(23)22(13(3)4)11-14-9-18(26-21-14)16-8-7-15(24-5)10-17(16)25-6/h7-10,12-13H,11H2,1-6H3,(H,20,23). The Labute approximate surface area is 154 Å². The average molecular weight is 361 g/mol. The van der Waals surface area contributed by atoms with Crippen molar-refractivity contribution in [3.63, 3.8) is 0 Å². The highest BCUT2D eigenvalue weighted by Crippen LogP contribution is 2.33. The summed E-state index contributed by atoms with van der Waals surface area (Å²) in [5.74, 6) is 1.90. The van der Waals surface area contributed by atoms with E-state index in [1.807, 2.05) is 45.9 Å². The third-order valence-corrected chi connectivity index (χ3v) is 3.86. The number of methoxy groups -OCH3 is 2. The summed E-state index contributed by atoms with van der Waals surface area (Å²) in [5.41, 5.74) is 1.44. The molecule has 1 aromatic heterocycles. The van der Waals surface area contributed by atoms with Gasteiger partial charge in [-0.2, -0.15) is 0 Å². The average Bonchev–Trinajstić information content (AvgIpc) is 3.06. The number of carbonyl (C=O) groups is 1. The van der Waals surface area contributed by atoms with Gasteiger partial charge in [-0.05, 0) is 39.8 Å². The fourth-order valence-corrected chi connectivity index (χ4v) is 2.51. The second-order valence-corrected chi connectivity index (χ2v) is 6.57. The molecular formula is C19H27N3O4. The van der Waals surface area contributed by atoms with E-state index in [4.69, 9.17) is 14.0 Å². The van der Waals surface area contributed by atoms with Gasteiger partial charge in [0.15, 0.2) is 5.76 Å². The quantitative estimate of drug-likeness (QED) is 0.814. The lowest BCUT2D eigenvalue weighted by Gasteiger charge is -2.27. The molecule has 0 saturated carbocycles. The molecule has 2 rings (SSSR count). The van der Waals surface area contributed by atoms with Gasteiger partial charge in [0.25, 0.3) is 0 Å². The summed E-state index contributed by atoms with van der Waals surface area (Å²) in [6, 6.07) is 7.27. The van der Waals surface area contributed by atoms with Crippen molar-refractivity contribution in [1.29, 1.82) is 0 Å². The number of hydrogen-bond donors (Lipinski definition) is 1. The topological polar surface area (TPSA) is 76.8 Å². The van der Waals surface area contributed by atoms with Crippen LogP contribution in [0.3, 0.4) is 0 Å². The normalized spacial score (nSPS) is 10.9. The number of hydrogen-bond acceptors (Lipinski definition) is 5. The maximum atomic E-state index is 12.4. The van der Waals surface area contributed by atoms with Crippen LogP contribution in [0.15, 0.2) is 28.8 Å². The highest BCUT2D eigenvalue weighted by molar-refractivity contribution is 5.75. The smallest absolute Gasteiger partial charge is 0.318 e. The molecule has 142 valence electrons. The molecule has 2 aromatic rings. The van der Waals surface area contributed by atoms with E-state index in [-0.39, 0.29) is 18.1 Å². The van der Waals surface area contributed by atoms with Crippen LogP contribution in [0.1, 0.15) is 33.4 Å². The number of nitrogens with zero attached hydrogens (tertiary/aromatic N) is 2. The van der Waals surface area contributed by atoms with Crippen LogP contribution in [-0.2, 0) is 6.54 Å². The van der Waals surface area contributed by atoms with Crippen molar-refractivity contribution in [1.82, 2.24) is 15.4 Å². The first-order chi connectivity index (χ1) is 12.3. The second kappa shape index (κ2) is 8.60. The monoisotopic (exact) mass is 361 g/mol. The van der Waals surface area contributed by atoms with Gasteiger partial charge in [0.2, 0.25) is 0 Å². The van der Waals surface area contributed by atoms with E-state index in [0.717, 1.165) is 5.56 Å². The van der Waals surface area contributed by atoms with Crippen LogP contribution >= 0.6 is 0 Å². The number of carbonyl (C=O) groups excluding carboxylic acids is 1. The molecule has 0 unspecified atom stereocenters. The van der Waals surface area contributed by atoms with Crippen LogP contribution in [0.4, 0.5) is 4.79 Å². The van der Waals surface area contributed by atoms with Crippen molar-refractivity contribution in [3.05, 3.63) is 30.0 Å². The van der Waals surface area contributed by atoms with Gasteiger partial charge in [-0.15, -0.1) is 0 Å². The zero-order valence-electron chi connectivity index (χ0n) is 16.2. The number of urea groups is 1. The molecular weight excluding hydrogens is 334 g/mol. The van der Waals surface area contributed by atoms with Crippen molar-refractivity contribution in [2.75, 3.05) is 14.2 Å². The van der Waals surface area contributed by atoms with Gasteiger partial charge in [0, 0.05) is 24.2 Å². The Balaban J connectivity index is 2.22. The lowest BCUT2D eigenvalue weighted by atomic mass is 10.1. The molecule has 0 aliphatic heterocycles. The fraction of sp³-hybridized carbons (Fsp3) is 0.474. The van der Waals surface area contributed by atoms with E-state index in [2.05, 4.69) is 10.5 Å². The minimum Gasteiger partial charge on any atom is -0.497 e. The first-order valence-corrected chi connectivity index (χ1v) is 8.60. The minimum absolute atomic E-state index is 0.0319. The van der Waals surface area contributed by atoms with E-state index in [9.17, 15) is 4.79 Å². The summed E-state index contributed by atoms with van der Waals surface area (Å²) in [6.07, 6.45) is 0. The molecule has 0 saturated heterocycles. The first kappa shape index (κ1) is 19.6. The van der Waals surface area contributed by atoms with E-state index < -0.39 is 0 Å². The van der Waals surface area contributed by atoms with Gasteiger partial charge in [-0.25, -0.2) is 4.79 Å². The lowest BCUT2D eigenvalue weighted by molar-refractivity contribution is 0.175. The van der Waals surface area contributed by atoms with Crippen LogP contribution in [0, 0.1) is 0 Å². The maximum Gasteiger partial charge on any atom is 0.318 e. The van der Waals surface area contributed by atoms with Crippen LogP contribution in [0.5, 0.6) is 11.5 Å². The fourth-order valence-electron chi connectivity index (χ4n) is 2.51. The highest BCUT2D eigenvalue weighted by atomic mass is 16.5. The van der Waals surface area contributed by atoms with Crippen LogP contribution < -0.4 is 14.8 Å². The Morgan fingerprint density at radius 1 is 1.19 bits per heavy atom. The third kappa shape index (κ3) is 4.68. The van der Waals surface area contributed by atoms with Gasteiger partial charge in [-0.1, -0.05) is 5.16 Å². The van der Waals surface area contributed by atoms with E-state index in [0.29, 0.717) is 29.5 Å². The second-order valence-electron chi connectivity index (χ2n) is 6.57. The Morgan fingerprint density at radius 2 is 1.92 bits per heavy atom. The van der Waals surface area contributed by atoms with Crippen molar-refractivity contribution in [3.8, 4) is 22.8 Å². The third-order valence-electron chi connectivity index (χ3n) is 3.86. The molecule has 7 nitrogen and oxygen atoms in total. The van der Waals surface area contributed by atoms with Gasteiger partial charge < -0.3 is 24.2 Å². The molecule has 2 amide bonds. The molecule has 1 N–H and O–H groups in total. The number of nitrogens with one attached hydrogen (secondary N) is 1. The number of amides is 2. The Bertz CT molecular complexity index is 740. The summed E-state index contributed by atoms with van der Waals surface area (Å²) >= 11 is 0. The molecule has 0 fully saturated rings. The Kier molecular flexibility index (Phi) is 6.49. The van der Waals surface area contributed by atoms with Gasteiger partial charge in [0.1, 0.15) is 17.2 Å². The molecule has 0 aliphatic rings. The van der Waals surface area contributed by atoms with Crippen molar-refractivity contribution < 1.29 is 18.8 Å². The molecule has 0 bridgehead atoms. The minimum atomic E-state index is -0.124. The predicted octanol–water partition coefficient (Wildman–Crippen LogP) is 3.69.